The van der Waals surface area contributed by atoms with E-state index in [1.54, 1.807) is 31.4 Å². The maximum atomic E-state index is 13.2. The van der Waals surface area contributed by atoms with Crippen LogP contribution in [-0.2, 0) is 9.59 Å². The minimum absolute atomic E-state index is 0.0715. The van der Waals surface area contributed by atoms with E-state index in [0.29, 0.717) is 17.0 Å². The van der Waals surface area contributed by atoms with Crippen molar-refractivity contribution < 1.29 is 19.4 Å². The Balaban J connectivity index is 1.95. The Morgan fingerprint density at radius 2 is 1.58 bits per heavy atom. The number of ether oxygens (including phenoxy) is 1. The van der Waals surface area contributed by atoms with E-state index in [0.717, 1.165) is 16.7 Å². The molecular weight excluding hydrogens is 390 g/mol. The molecule has 0 aromatic heterocycles. The number of aliphatic hydroxyl groups excluding tert-OH is 1. The van der Waals surface area contributed by atoms with Gasteiger partial charge in [-0.2, -0.15) is 0 Å². The van der Waals surface area contributed by atoms with Crippen LogP contribution in [0, 0.1) is 13.8 Å². The molecule has 1 aliphatic heterocycles. The number of nitrogens with zero attached hydrogens (tertiary/aromatic N) is 1. The highest BCUT2D eigenvalue weighted by atomic mass is 16.5. The summed E-state index contributed by atoms with van der Waals surface area (Å²) >= 11 is 0. The number of amides is 1. The molecule has 0 bridgehead atoms. The number of aryl methyl sites for hydroxylation is 1. The lowest BCUT2D eigenvalue weighted by Gasteiger charge is -2.27. The fourth-order valence-corrected chi connectivity index (χ4v) is 3.93. The van der Waals surface area contributed by atoms with Gasteiger partial charge in [-0.25, -0.2) is 0 Å². The first kappa shape index (κ1) is 20.4. The Bertz CT molecular complexity index is 1180. The van der Waals surface area contributed by atoms with E-state index in [1.165, 1.54) is 4.90 Å². The molecule has 1 saturated heterocycles. The maximum absolute atomic E-state index is 13.2. The van der Waals surface area contributed by atoms with Gasteiger partial charge in [-0.15, -0.1) is 0 Å². The lowest BCUT2D eigenvalue weighted by molar-refractivity contribution is -0.132. The number of methoxy groups -OCH3 is 1. The first-order valence-corrected chi connectivity index (χ1v) is 10.0. The molecule has 1 N–H and O–H groups in total. The summed E-state index contributed by atoms with van der Waals surface area (Å²) in [6.45, 7) is 3.89. The van der Waals surface area contributed by atoms with Crippen LogP contribution in [0.5, 0.6) is 5.75 Å². The molecule has 156 valence electrons. The lowest BCUT2D eigenvalue weighted by Crippen LogP contribution is -2.30. The summed E-state index contributed by atoms with van der Waals surface area (Å²) < 4.78 is 5.18. The van der Waals surface area contributed by atoms with E-state index < -0.39 is 17.7 Å². The van der Waals surface area contributed by atoms with E-state index in [4.69, 9.17) is 4.74 Å². The summed E-state index contributed by atoms with van der Waals surface area (Å²) in [4.78, 5) is 27.9. The first-order valence-electron chi connectivity index (χ1n) is 10.0. The van der Waals surface area contributed by atoms with E-state index >= 15 is 0 Å². The topological polar surface area (TPSA) is 66.8 Å². The number of carbonyl (C=O) groups is 2. The summed E-state index contributed by atoms with van der Waals surface area (Å²) in [5, 5.41) is 11.1. The third-order valence-corrected chi connectivity index (χ3v) is 5.76. The molecule has 1 fully saturated rings. The van der Waals surface area contributed by atoms with Gasteiger partial charge in [-0.1, -0.05) is 42.5 Å². The number of hydrogen-bond donors (Lipinski definition) is 1. The van der Waals surface area contributed by atoms with Crippen LogP contribution in [0.3, 0.4) is 0 Å². The average molecular weight is 413 g/mol. The number of carbonyl (C=O) groups excluding carboxylic acids is 2. The molecule has 1 heterocycles. The Labute approximate surface area is 181 Å². The van der Waals surface area contributed by atoms with Crippen LogP contribution in [0.1, 0.15) is 28.3 Å². The van der Waals surface area contributed by atoms with E-state index in [9.17, 15) is 14.7 Å². The zero-order valence-electron chi connectivity index (χ0n) is 17.6. The highest BCUT2D eigenvalue weighted by molar-refractivity contribution is 6.51. The fourth-order valence-electron chi connectivity index (χ4n) is 3.93. The highest BCUT2D eigenvalue weighted by Crippen LogP contribution is 2.43. The van der Waals surface area contributed by atoms with E-state index in [2.05, 4.69) is 0 Å². The smallest absolute Gasteiger partial charge is 0.300 e. The van der Waals surface area contributed by atoms with Crippen molar-refractivity contribution in [1.29, 1.82) is 0 Å². The van der Waals surface area contributed by atoms with Crippen molar-refractivity contribution in [1.82, 2.24) is 0 Å². The van der Waals surface area contributed by atoms with Crippen LogP contribution in [0.15, 0.2) is 78.4 Å². The Kier molecular flexibility index (Phi) is 5.34. The quantitative estimate of drug-likeness (QED) is 0.374. The standard InChI is InChI=1S/C26H23NO4/c1-16-8-7-11-21(17(16)2)27-23(18-9-5-4-6-10-18)22(25(29)26(27)30)24(28)19-12-14-20(31-3)15-13-19/h4-15,23,28H,1-3H3/b24-22+. The molecule has 3 aromatic rings. The number of aliphatic hydroxyl groups is 1. The molecule has 1 amide bonds. The van der Waals surface area contributed by atoms with Gasteiger partial charge in [0.15, 0.2) is 0 Å². The molecular formula is C26H23NO4. The Morgan fingerprint density at radius 3 is 2.23 bits per heavy atom. The van der Waals surface area contributed by atoms with Crippen molar-refractivity contribution in [3.8, 4) is 5.75 Å². The summed E-state index contributed by atoms with van der Waals surface area (Å²) in [6, 6.07) is 21.0. The van der Waals surface area contributed by atoms with Gasteiger partial charge in [0.2, 0.25) is 0 Å². The van der Waals surface area contributed by atoms with E-state index in [1.807, 2.05) is 62.4 Å². The number of ketones is 1. The van der Waals surface area contributed by atoms with Crippen molar-refractivity contribution in [2.45, 2.75) is 19.9 Å². The second kappa shape index (κ2) is 8.11. The van der Waals surface area contributed by atoms with Crippen LogP contribution in [0.25, 0.3) is 5.76 Å². The Morgan fingerprint density at radius 1 is 0.903 bits per heavy atom. The molecule has 1 aliphatic rings. The lowest BCUT2D eigenvalue weighted by atomic mass is 9.94. The van der Waals surface area contributed by atoms with Crippen molar-refractivity contribution in [3.05, 3.63) is 101 Å². The third kappa shape index (κ3) is 3.48. The van der Waals surface area contributed by atoms with Crippen LogP contribution in [0.2, 0.25) is 0 Å². The van der Waals surface area contributed by atoms with Gasteiger partial charge in [-0.3, -0.25) is 14.5 Å². The molecule has 1 atom stereocenters. The molecule has 1 unspecified atom stereocenters. The van der Waals surface area contributed by atoms with Crippen molar-refractivity contribution in [3.63, 3.8) is 0 Å². The molecule has 5 heteroatoms. The van der Waals surface area contributed by atoms with Gasteiger partial charge >= 0.3 is 0 Å². The second-order valence-corrected chi connectivity index (χ2v) is 7.53. The van der Waals surface area contributed by atoms with Gasteiger partial charge in [0.1, 0.15) is 11.5 Å². The first-order chi connectivity index (χ1) is 14.9. The molecule has 0 spiro atoms. The summed E-state index contributed by atoms with van der Waals surface area (Å²) in [5.74, 6) is -0.935. The number of rotatable bonds is 4. The predicted octanol–water partition coefficient (Wildman–Crippen LogP) is 4.94. The SMILES string of the molecule is COc1ccc(/C(O)=C2\C(=O)C(=O)N(c3cccc(C)c3C)C2c2ccccc2)cc1. The van der Waals surface area contributed by atoms with Gasteiger partial charge in [0, 0.05) is 11.3 Å². The van der Waals surface area contributed by atoms with Crippen LogP contribution >= 0.6 is 0 Å². The molecule has 4 rings (SSSR count). The van der Waals surface area contributed by atoms with Crippen LogP contribution in [-0.4, -0.2) is 23.9 Å². The summed E-state index contributed by atoms with van der Waals surface area (Å²) in [6.07, 6.45) is 0. The van der Waals surface area contributed by atoms with E-state index in [-0.39, 0.29) is 11.3 Å². The average Bonchev–Trinajstić information content (AvgIpc) is 3.06. The fraction of sp³-hybridized carbons (Fsp3) is 0.154. The maximum Gasteiger partial charge on any atom is 0.300 e. The Hall–Kier alpha value is -3.86. The molecule has 5 nitrogen and oxygen atoms in total. The predicted molar refractivity (Wildman–Crippen MR) is 120 cm³/mol. The number of Topliss-reactive ketones (excluding diaryl/α,β-unsaturated/α-hetero) is 1. The van der Waals surface area contributed by atoms with Gasteiger partial charge < -0.3 is 9.84 Å². The summed E-state index contributed by atoms with van der Waals surface area (Å²) in [5.41, 5.74) is 3.85. The zero-order chi connectivity index (χ0) is 22.1. The molecule has 31 heavy (non-hydrogen) atoms. The molecule has 0 saturated carbocycles. The minimum atomic E-state index is -0.733. The highest BCUT2D eigenvalue weighted by Gasteiger charge is 2.47. The normalized spacial score (nSPS) is 17.8. The van der Waals surface area contributed by atoms with Crippen LogP contribution in [0.4, 0.5) is 5.69 Å². The zero-order valence-corrected chi connectivity index (χ0v) is 17.6. The van der Waals surface area contributed by atoms with Gasteiger partial charge in [0.25, 0.3) is 11.7 Å². The second-order valence-electron chi connectivity index (χ2n) is 7.53. The van der Waals surface area contributed by atoms with Crippen molar-refractivity contribution >= 4 is 23.1 Å². The molecule has 0 aliphatic carbocycles. The summed E-state index contributed by atoms with van der Waals surface area (Å²) in [7, 11) is 1.56. The minimum Gasteiger partial charge on any atom is -0.507 e. The van der Waals surface area contributed by atoms with Crippen molar-refractivity contribution in [2.24, 2.45) is 0 Å². The van der Waals surface area contributed by atoms with Crippen molar-refractivity contribution in [2.75, 3.05) is 12.0 Å². The largest absolute Gasteiger partial charge is 0.507 e. The molecule has 3 aromatic carbocycles. The monoisotopic (exact) mass is 413 g/mol. The van der Waals surface area contributed by atoms with Gasteiger partial charge in [-0.05, 0) is 60.9 Å². The molecule has 0 radical (unpaired) electrons. The number of benzene rings is 3. The van der Waals surface area contributed by atoms with Gasteiger partial charge in [0.05, 0.1) is 18.7 Å². The third-order valence-electron chi connectivity index (χ3n) is 5.76. The van der Waals surface area contributed by atoms with Crippen LogP contribution < -0.4 is 9.64 Å². The number of hydrogen-bond acceptors (Lipinski definition) is 4. The number of anilines is 1.